The van der Waals surface area contributed by atoms with Crippen molar-refractivity contribution in [3.05, 3.63) is 35.5 Å². The molecule has 0 bridgehead atoms. The molecule has 150 valence electrons. The van der Waals surface area contributed by atoms with Gasteiger partial charge in [0.05, 0.1) is 23.4 Å². The van der Waals surface area contributed by atoms with E-state index >= 15 is 0 Å². The molecule has 0 aromatic rings. The average molecular weight is 375 g/mol. The third-order valence-corrected chi connectivity index (χ3v) is 7.37. The van der Waals surface area contributed by atoms with E-state index in [-0.39, 0.29) is 41.2 Å². The Hall–Kier alpha value is -1.23. The quantitative estimate of drug-likeness (QED) is 0.341. The topological polar surface area (TPSA) is 70.1 Å². The van der Waals surface area contributed by atoms with E-state index in [1.807, 2.05) is 19.1 Å². The molecule has 4 heteroatoms. The van der Waals surface area contributed by atoms with E-state index < -0.39 is 11.7 Å². The lowest BCUT2D eigenvalue weighted by molar-refractivity contribution is -0.131. The van der Waals surface area contributed by atoms with Crippen LogP contribution >= 0.6 is 0 Å². The molecule has 3 aliphatic rings. The monoisotopic (exact) mass is 374 g/mol. The van der Waals surface area contributed by atoms with Gasteiger partial charge in [0.1, 0.15) is 0 Å². The number of carbonyl (C=O) groups excluding carboxylic acids is 1. The molecule has 8 unspecified atom stereocenters. The summed E-state index contributed by atoms with van der Waals surface area (Å²) in [6.07, 6.45) is 8.76. The zero-order valence-electron chi connectivity index (χ0n) is 17.4. The van der Waals surface area contributed by atoms with Crippen molar-refractivity contribution in [2.24, 2.45) is 23.7 Å². The maximum Gasteiger partial charge on any atom is 0.155 e. The van der Waals surface area contributed by atoms with Gasteiger partial charge < -0.3 is 14.9 Å². The van der Waals surface area contributed by atoms with E-state index in [4.69, 9.17) is 4.74 Å². The van der Waals surface area contributed by atoms with E-state index in [0.29, 0.717) is 12.8 Å². The molecule has 2 saturated carbocycles. The Morgan fingerprint density at radius 2 is 1.85 bits per heavy atom. The number of carbonyl (C=O) groups is 1. The molecule has 0 spiro atoms. The normalized spacial score (nSPS) is 47.6. The van der Waals surface area contributed by atoms with Crippen LogP contribution in [-0.4, -0.2) is 39.4 Å². The second kappa shape index (κ2) is 6.98. The van der Waals surface area contributed by atoms with Gasteiger partial charge in [-0.2, -0.15) is 0 Å². The van der Waals surface area contributed by atoms with Crippen LogP contribution in [0.15, 0.2) is 35.5 Å². The van der Waals surface area contributed by atoms with Crippen molar-refractivity contribution in [3.8, 4) is 0 Å². The van der Waals surface area contributed by atoms with Crippen LogP contribution in [0.3, 0.4) is 0 Å². The highest BCUT2D eigenvalue weighted by atomic mass is 16.6. The third kappa shape index (κ3) is 3.48. The second-order valence-corrected chi connectivity index (χ2v) is 9.24. The maximum absolute atomic E-state index is 11.5. The van der Waals surface area contributed by atoms with E-state index in [0.717, 1.165) is 5.57 Å². The van der Waals surface area contributed by atoms with E-state index in [1.54, 1.807) is 13.8 Å². The van der Waals surface area contributed by atoms with E-state index in [2.05, 4.69) is 32.9 Å². The Labute approximate surface area is 163 Å². The van der Waals surface area contributed by atoms with Gasteiger partial charge in [-0.15, -0.1) is 0 Å². The summed E-state index contributed by atoms with van der Waals surface area (Å²) < 4.78 is 6.26. The third-order valence-electron chi connectivity index (χ3n) is 7.37. The zero-order chi connectivity index (χ0) is 20.1. The largest absolute Gasteiger partial charge is 0.390 e. The number of aliphatic hydroxyl groups is 2. The van der Waals surface area contributed by atoms with Crippen LogP contribution < -0.4 is 0 Å². The first-order chi connectivity index (χ1) is 12.5. The van der Waals surface area contributed by atoms with Crippen LogP contribution in [0, 0.1) is 23.7 Å². The summed E-state index contributed by atoms with van der Waals surface area (Å²) in [5, 5.41) is 21.2. The lowest BCUT2D eigenvalue weighted by Crippen LogP contribution is -2.55. The summed E-state index contributed by atoms with van der Waals surface area (Å²) in [7, 11) is 0. The van der Waals surface area contributed by atoms with Gasteiger partial charge in [-0.25, -0.2) is 0 Å². The molecule has 0 aromatic heterocycles. The van der Waals surface area contributed by atoms with Gasteiger partial charge in [-0.05, 0) is 77.7 Å². The summed E-state index contributed by atoms with van der Waals surface area (Å²) in [4.78, 5) is 11.5. The number of rotatable bonds is 4. The number of ether oxygens (including phenoxy) is 1. The lowest BCUT2D eigenvalue weighted by Gasteiger charge is -2.50. The fourth-order valence-corrected chi connectivity index (χ4v) is 5.49. The molecular formula is C23H34O4. The highest BCUT2D eigenvalue weighted by molar-refractivity contribution is 5.92. The smallest absolute Gasteiger partial charge is 0.155 e. The van der Waals surface area contributed by atoms with Gasteiger partial charge in [-0.3, -0.25) is 4.79 Å². The van der Waals surface area contributed by atoms with Crippen LogP contribution in [0.4, 0.5) is 0 Å². The predicted molar refractivity (Wildman–Crippen MR) is 106 cm³/mol. The van der Waals surface area contributed by atoms with Crippen molar-refractivity contribution in [2.75, 3.05) is 0 Å². The van der Waals surface area contributed by atoms with Crippen molar-refractivity contribution in [2.45, 2.75) is 77.8 Å². The first-order valence-corrected chi connectivity index (χ1v) is 10.1. The van der Waals surface area contributed by atoms with Gasteiger partial charge in [0.25, 0.3) is 0 Å². The summed E-state index contributed by atoms with van der Waals surface area (Å²) in [5.41, 5.74) is 0.754. The average Bonchev–Trinajstić information content (AvgIpc) is 3.28. The molecule has 0 radical (unpaired) electrons. The Morgan fingerprint density at radius 3 is 2.44 bits per heavy atom. The molecule has 8 atom stereocenters. The van der Waals surface area contributed by atoms with Gasteiger partial charge in [0.2, 0.25) is 0 Å². The molecule has 0 aromatic carbocycles. The highest BCUT2D eigenvalue weighted by Crippen LogP contribution is 2.64. The van der Waals surface area contributed by atoms with Gasteiger partial charge in [0, 0.05) is 5.92 Å². The fourth-order valence-electron chi connectivity index (χ4n) is 5.49. The van der Waals surface area contributed by atoms with Crippen molar-refractivity contribution in [3.63, 3.8) is 0 Å². The molecule has 2 aliphatic carbocycles. The standard InChI is InChI=1S/C23H34O4/c1-7-13(2)20-16(10-8-9-14(3)15(4)24)17-11-19(25)22(5,26)12-18(17)21-23(20,6)27-21/h7-10,16-21,25-26H,11-12H2,1-6H3. The number of ketones is 1. The van der Waals surface area contributed by atoms with Crippen molar-refractivity contribution in [1.29, 1.82) is 0 Å². The molecule has 4 nitrogen and oxygen atoms in total. The van der Waals surface area contributed by atoms with Crippen molar-refractivity contribution < 1.29 is 19.7 Å². The van der Waals surface area contributed by atoms with Crippen LogP contribution in [-0.2, 0) is 9.53 Å². The van der Waals surface area contributed by atoms with Gasteiger partial charge >= 0.3 is 0 Å². The number of hydrogen-bond acceptors (Lipinski definition) is 4. The summed E-state index contributed by atoms with van der Waals surface area (Å²) in [6.45, 7) is 11.5. The molecule has 1 saturated heterocycles. The molecule has 0 amide bonds. The zero-order valence-corrected chi connectivity index (χ0v) is 17.4. The molecule has 1 heterocycles. The number of hydrogen-bond donors (Lipinski definition) is 2. The van der Waals surface area contributed by atoms with Gasteiger partial charge in [0.15, 0.2) is 5.78 Å². The summed E-state index contributed by atoms with van der Waals surface area (Å²) >= 11 is 0. The van der Waals surface area contributed by atoms with Crippen LogP contribution in [0.2, 0.25) is 0 Å². The summed E-state index contributed by atoms with van der Waals surface area (Å²) in [5.74, 6) is 1.01. The minimum atomic E-state index is -1.06. The predicted octanol–water partition coefficient (Wildman–Crippen LogP) is 3.59. The molecule has 27 heavy (non-hydrogen) atoms. The molecule has 1 aliphatic heterocycles. The Bertz CT molecular complexity index is 701. The molecule has 3 fully saturated rings. The fraction of sp³-hybridized carbons (Fsp3) is 0.696. The molecule has 3 rings (SSSR count). The van der Waals surface area contributed by atoms with Crippen molar-refractivity contribution >= 4 is 5.78 Å². The molecule has 2 N–H and O–H groups in total. The van der Waals surface area contributed by atoms with Gasteiger partial charge in [-0.1, -0.05) is 29.9 Å². The van der Waals surface area contributed by atoms with E-state index in [9.17, 15) is 15.0 Å². The minimum Gasteiger partial charge on any atom is -0.390 e. The first-order valence-electron chi connectivity index (χ1n) is 10.1. The van der Waals surface area contributed by atoms with Crippen molar-refractivity contribution in [1.82, 2.24) is 0 Å². The van der Waals surface area contributed by atoms with Crippen LogP contribution in [0.1, 0.15) is 54.4 Å². The maximum atomic E-state index is 11.5. The van der Waals surface area contributed by atoms with Crippen LogP contribution in [0.5, 0.6) is 0 Å². The SMILES string of the molecule is CC=C(C)C1C(C=CC=C(C)C(C)=O)C2CC(O)C(C)(O)CC2C2OC21C. The number of Topliss-reactive ketones (excluding diaryl/α,β-unsaturated/α-hetero) is 1. The Morgan fingerprint density at radius 1 is 1.19 bits per heavy atom. The van der Waals surface area contributed by atoms with Crippen LogP contribution in [0.25, 0.3) is 0 Å². The number of aliphatic hydroxyl groups excluding tert-OH is 1. The number of epoxide rings is 1. The first kappa shape index (κ1) is 20.5. The second-order valence-electron chi connectivity index (χ2n) is 9.24. The minimum absolute atomic E-state index is 0.0732. The summed E-state index contributed by atoms with van der Waals surface area (Å²) in [6, 6.07) is 0. The Kier molecular flexibility index (Phi) is 5.30. The Balaban J connectivity index is 1.98. The molecular weight excluding hydrogens is 340 g/mol. The highest BCUT2D eigenvalue weighted by Gasteiger charge is 2.70. The number of allylic oxidation sites excluding steroid dienone is 5. The number of fused-ring (bicyclic) bond motifs is 3. The van der Waals surface area contributed by atoms with E-state index in [1.165, 1.54) is 5.57 Å². The lowest BCUT2D eigenvalue weighted by atomic mass is 9.54.